The molecule has 0 amide bonds. The quantitative estimate of drug-likeness (QED) is 0.498. The van der Waals surface area contributed by atoms with Gasteiger partial charge in [0.2, 0.25) is 5.75 Å². The first-order valence-corrected chi connectivity index (χ1v) is 9.18. The highest BCUT2D eigenvalue weighted by Gasteiger charge is 2.28. The fourth-order valence-corrected chi connectivity index (χ4v) is 3.60. The van der Waals surface area contributed by atoms with Crippen LogP contribution in [0.2, 0.25) is 5.02 Å². The Balaban J connectivity index is 1.73. The van der Waals surface area contributed by atoms with Crippen LogP contribution in [0.5, 0.6) is 11.5 Å². The number of nitro benzene ring substituents is 1. The number of hydrogen-bond donors (Lipinski definition) is 1. The fourth-order valence-electron chi connectivity index (χ4n) is 3.32. The molecular weight excluding hydrogens is 398 g/mol. The van der Waals surface area contributed by atoms with E-state index >= 15 is 0 Å². The van der Waals surface area contributed by atoms with Gasteiger partial charge >= 0.3 is 5.69 Å². The predicted molar refractivity (Wildman–Crippen MR) is 108 cm³/mol. The topological polar surface area (TPSA) is 103 Å². The number of ether oxygens (including phenoxy) is 2. The van der Waals surface area contributed by atoms with E-state index in [9.17, 15) is 10.1 Å². The van der Waals surface area contributed by atoms with Crippen molar-refractivity contribution in [2.24, 2.45) is 0 Å². The molecule has 0 aliphatic carbocycles. The maximum atomic E-state index is 11.6. The normalized spacial score (nSPS) is 13.6. The van der Waals surface area contributed by atoms with Crippen LogP contribution in [0.3, 0.4) is 0 Å². The Labute approximate surface area is 171 Å². The van der Waals surface area contributed by atoms with Gasteiger partial charge in [-0.05, 0) is 24.7 Å². The van der Waals surface area contributed by atoms with Crippen LogP contribution in [-0.2, 0) is 13.1 Å². The molecule has 3 aromatic rings. The molecule has 0 saturated heterocycles. The van der Waals surface area contributed by atoms with Crippen LogP contribution in [0, 0.1) is 10.1 Å². The number of nitro groups is 1. The van der Waals surface area contributed by atoms with Gasteiger partial charge in [0, 0.05) is 24.7 Å². The Morgan fingerprint density at radius 3 is 2.93 bits per heavy atom. The van der Waals surface area contributed by atoms with Crippen molar-refractivity contribution in [3.05, 3.63) is 56.9 Å². The molecule has 0 fully saturated rings. The number of hydrogen-bond acceptors (Lipinski definition) is 8. The van der Waals surface area contributed by atoms with Crippen LogP contribution in [0.4, 0.5) is 11.5 Å². The van der Waals surface area contributed by atoms with E-state index < -0.39 is 4.92 Å². The molecule has 1 aliphatic heterocycles. The summed E-state index contributed by atoms with van der Waals surface area (Å²) in [7, 11) is 3.43. The summed E-state index contributed by atoms with van der Waals surface area (Å²) in [5.41, 5.74) is 2.13. The number of rotatable bonds is 5. The SMILES string of the molecule is COc1ccc(CNc2ncnc3c4c(c([N+](=O)[O-])cc23)OCN(C)C4)cc1Cl. The predicted octanol–water partition coefficient (Wildman–Crippen LogP) is 3.59. The third kappa shape index (κ3) is 3.62. The van der Waals surface area contributed by atoms with Gasteiger partial charge in [0.25, 0.3) is 0 Å². The smallest absolute Gasteiger partial charge is 0.312 e. The van der Waals surface area contributed by atoms with E-state index in [1.165, 1.54) is 12.4 Å². The first-order valence-electron chi connectivity index (χ1n) is 8.80. The Hall–Kier alpha value is -3.17. The van der Waals surface area contributed by atoms with Crippen LogP contribution >= 0.6 is 11.6 Å². The monoisotopic (exact) mass is 415 g/mol. The first kappa shape index (κ1) is 19.2. The number of nitrogens with zero attached hydrogens (tertiary/aromatic N) is 4. The van der Waals surface area contributed by atoms with Crippen molar-refractivity contribution in [3.8, 4) is 11.5 Å². The summed E-state index contributed by atoms with van der Waals surface area (Å²) in [5.74, 6) is 1.36. The average molecular weight is 416 g/mol. The van der Waals surface area contributed by atoms with E-state index in [4.69, 9.17) is 21.1 Å². The highest BCUT2D eigenvalue weighted by Crippen LogP contribution is 2.40. The third-order valence-corrected chi connectivity index (χ3v) is 4.98. The van der Waals surface area contributed by atoms with E-state index in [0.29, 0.717) is 46.1 Å². The van der Waals surface area contributed by atoms with Gasteiger partial charge in [0.15, 0.2) is 0 Å². The summed E-state index contributed by atoms with van der Waals surface area (Å²) in [4.78, 5) is 21.7. The number of fused-ring (bicyclic) bond motifs is 3. The molecule has 9 nitrogen and oxygen atoms in total. The van der Waals surface area contributed by atoms with Crippen molar-refractivity contribution in [2.75, 3.05) is 26.2 Å². The van der Waals surface area contributed by atoms with Crippen LogP contribution in [0.1, 0.15) is 11.1 Å². The van der Waals surface area contributed by atoms with Gasteiger partial charge in [-0.1, -0.05) is 17.7 Å². The highest BCUT2D eigenvalue weighted by atomic mass is 35.5. The second kappa shape index (κ2) is 7.69. The van der Waals surface area contributed by atoms with Crippen LogP contribution in [0.25, 0.3) is 10.9 Å². The van der Waals surface area contributed by atoms with E-state index in [1.54, 1.807) is 19.2 Å². The zero-order valence-corrected chi connectivity index (χ0v) is 16.6. The van der Waals surface area contributed by atoms with Gasteiger partial charge in [-0.15, -0.1) is 0 Å². The van der Waals surface area contributed by atoms with Gasteiger partial charge in [0.1, 0.15) is 24.6 Å². The number of nitrogens with one attached hydrogen (secondary N) is 1. The van der Waals surface area contributed by atoms with Crippen molar-refractivity contribution in [1.29, 1.82) is 0 Å². The number of halogens is 1. The Morgan fingerprint density at radius 1 is 1.38 bits per heavy atom. The fraction of sp³-hybridized carbons (Fsp3) is 0.263. The summed E-state index contributed by atoms with van der Waals surface area (Å²) >= 11 is 6.18. The van der Waals surface area contributed by atoms with Crippen LogP contribution in [0.15, 0.2) is 30.6 Å². The third-order valence-electron chi connectivity index (χ3n) is 4.69. The minimum atomic E-state index is -0.441. The lowest BCUT2D eigenvalue weighted by Gasteiger charge is -2.26. The molecule has 0 saturated carbocycles. The second-order valence-corrected chi connectivity index (χ2v) is 7.10. The second-order valence-electron chi connectivity index (χ2n) is 6.69. The molecule has 0 spiro atoms. The molecule has 2 aromatic carbocycles. The number of benzene rings is 2. The molecule has 10 heteroatoms. The molecule has 1 aliphatic rings. The molecule has 1 aromatic heterocycles. The Kier molecular flexibility index (Phi) is 5.08. The average Bonchev–Trinajstić information content (AvgIpc) is 2.71. The highest BCUT2D eigenvalue weighted by molar-refractivity contribution is 6.32. The number of anilines is 1. The maximum absolute atomic E-state index is 11.6. The van der Waals surface area contributed by atoms with E-state index in [2.05, 4.69) is 15.3 Å². The first-order chi connectivity index (χ1) is 14.0. The number of methoxy groups -OCH3 is 1. The molecule has 0 atom stereocenters. The van der Waals surface area contributed by atoms with Gasteiger partial charge in [-0.2, -0.15) is 0 Å². The summed E-state index contributed by atoms with van der Waals surface area (Å²) in [6.45, 7) is 1.21. The van der Waals surface area contributed by atoms with Gasteiger partial charge in [-0.25, -0.2) is 9.97 Å². The van der Waals surface area contributed by atoms with Crippen molar-refractivity contribution in [1.82, 2.24) is 14.9 Å². The van der Waals surface area contributed by atoms with Crippen LogP contribution < -0.4 is 14.8 Å². The molecule has 0 unspecified atom stereocenters. The van der Waals surface area contributed by atoms with Crippen molar-refractivity contribution in [2.45, 2.75) is 13.1 Å². The lowest BCUT2D eigenvalue weighted by atomic mass is 10.1. The lowest BCUT2D eigenvalue weighted by Crippen LogP contribution is -2.29. The molecule has 1 N–H and O–H groups in total. The zero-order valence-electron chi connectivity index (χ0n) is 15.8. The van der Waals surface area contributed by atoms with Gasteiger partial charge in [0.05, 0.1) is 28.0 Å². The molecule has 0 bridgehead atoms. The summed E-state index contributed by atoms with van der Waals surface area (Å²) in [5, 5.41) is 15.9. The van der Waals surface area contributed by atoms with Gasteiger partial charge in [-0.3, -0.25) is 15.0 Å². The Bertz CT molecular complexity index is 1110. The van der Waals surface area contributed by atoms with Crippen molar-refractivity contribution < 1.29 is 14.4 Å². The Morgan fingerprint density at radius 2 is 2.21 bits per heavy atom. The van der Waals surface area contributed by atoms with E-state index in [-0.39, 0.29) is 18.2 Å². The molecule has 0 radical (unpaired) electrons. The number of aromatic nitrogens is 2. The molecule has 29 heavy (non-hydrogen) atoms. The minimum absolute atomic E-state index is 0.0917. The van der Waals surface area contributed by atoms with Crippen molar-refractivity contribution >= 4 is 34.0 Å². The summed E-state index contributed by atoms with van der Waals surface area (Å²) < 4.78 is 10.8. The molecule has 4 rings (SSSR count). The summed E-state index contributed by atoms with van der Waals surface area (Å²) in [6.07, 6.45) is 1.44. The molecule has 150 valence electrons. The zero-order chi connectivity index (χ0) is 20.5. The molecule has 2 heterocycles. The summed E-state index contributed by atoms with van der Waals surface area (Å²) in [6, 6.07) is 6.92. The van der Waals surface area contributed by atoms with E-state index in [1.807, 2.05) is 18.0 Å². The minimum Gasteiger partial charge on any atom is -0.495 e. The van der Waals surface area contributed by atoms with Crippen LogP contribution in [-0.4, -0.2) is 40.7 Å². The van der Waals surface area contributed by atoms with Gasteiger partial charge < -0.3 is 14.8 Å². The lowest BCUT2D eigenvalue weighted by molar-refractivity contribution is -0.386. The van der Waals surface area contributed by atoms with E-state index in [0.717, 1.165) is 5.56 Å². The standard InChI is InChI=1S/C19H18ClN5O4/c1-24-8-13-17-12(6-15(25(26)27)18(13)29-10-24)19(23-9-22-17)21-7-11-3-4-16(28-2)14(20)5-11/h3-6,9H,7-8,10H2,1-2H3,(H,21,22,23). The van der Waals surface area contributed by atoms with Crippen molar-refractivity contribution in [3.63, 3.8) is 0 Å². The maximum Gasteiger partial charge on any atom is 0.312 e. The largest absolute Gasteiger partial charge is 0.495 e. The molecular formula is C19H18ClN5O4.